The van der Waals surface area contributed by atoms with Crippen LogP contribution in [0.1, 0.15) is 52.0 Å². The van der Waals surface area contributed by atoms with Crippen LogP contribution in [0.2, 0.25) is 0 Å². The Morgan fingerprint density at radius 2 is 1.81 bits per heavy atom. The van der Waals surface area contributed by atoms with Gasteiger partial charge in [-0.15, -0.1) is 0 Å². The maximum Gasteiger partial charge on any atom is 0.410 e. The molecular formula is C26H37N3O7. The molecule has 36 heavy (non-hydrogen) atoms. The van der Waals surface area contributed by atoms with Crippen LogP contribution in [-0.4, -0.2) is 91.5 Å². The molecule has 1 fully saturated rings. The smallest absolute Gasteiger partial charge is 0.410 e. The molecule has 2 heterocycles. The van der Waals surface area contributed by atoms with Gasteiger partial charge in [-0.25, -0.2) is 4.79 Å². The first-order valence-electron chi connectivity index (χ1n) is 12.0. The van der Waals surface area contributed by atoms with Gasteiger partial charge in [-0.1, -0.05) is 11.8 Å². The van der Waals surface area contributed by atoms with Gasteiger partial charge in [0.1, 0.15) is 18.0 Å². The molecule has 10 nitrogen and oxygen atoms in total. The predicted octanol–water partition coefficient (Wildman–Crippen LogP) is 2.64. The number of unbranched alkanes of at least 4 members (excludes halogenated alkanes) is 2. The van der Waals surface area contributed by atoms with Crippen LogP contribution >= 0.6 is 0 Å². The quantitative estimate of drug-likeness (QED) is 0.195. The first kappa shape index (κ1) is 28.9. The van der Waals surface area contributed by atoms with Crippen molar-refractivity contribution in [2.45, 2.75) is 58.1 Å². The lowest BCUT2D eigenvalue weighted by molar-refractivity contribution is -0.145. The molecule has 10 heteroatoms. The van der Waals surface area contributed by atoms with Crippen LogP contribution in [0.4, 0.5) is 4.79 Å². The van der Waals surface area contributed by atoms with Gasteiger partial charge in [-0.05, 0) is 52.6 Å². The maximum atomic E-state index is 12.2. The van der Waals surface area contributed by atoms with Gasteiger partial charge in [-0.2, -0.15) is 0 Å². The van der Waals surface area contributed by atoms with Gasteiger partial charge < -0.3 is 23.8 Å². The average Bonchev–Trinajstić information content (AvgIpc) is 2.79. The van der Waals surface area contributed by atoms with Crippen molar-refractivity contribution >= 4 is 18.0 Å². The van der Waals surface area contributed by atoms with E-state index in [-0.39, 0.29) is 25.2 Å². The molecule has 1 aromatic rings. The molecule has 1 saturated heterocycles. The van der Waals surface area contributed by atoms with Crippen LogP contribution in [-0.2, 0) is 23.8 Å². The fourth-order valence-electron chi connectivity index (χ4n) is 3.36. The zero-order valence-corrected chi connectivity index (χ0v) is 21.9. The molecule has 0 radical (unpaired) electrons. The summed E-state index contributed by atoms with van der Waals surface area (Å²) in [6, 6.07) is 1.80. The van der Waals surface area contributed by atoms with Gasteiger partial charge in [0, 0.05) is 24.7 Å². The van der Waals surface area contributed by atoms with E-state index in [0.29, 0.717) is 31.9 Å². The molecule has 0 saturated carbocycles. The van der Waals surface area contributed by atoms with Crippen LogP contribution in [0.15, 0.2) is 18.5 Å². The number of methoxy groups -OCH3 is 2. The highest BCUT2D eigenvalue weighted by Gasteiger charge is 2.35. The molecule has 0 unspecified atom stereocenters. The Kier molecular flexibility index (Phi) is 11.5. The van der Waals surface area contributed by atoms with Gasteiger partial charge >= 0.3 is 18.0 Å². The number of carbonyl (C=O) groups is 3. The Hall–Kier alpha value is -3.32. The summed E-state index contributed by atoms with van der Waals surface area (Å²) in [7, 11) is 2.63. The van der Waals surface area contributed by atoms with E-state index in [4.69, 9.17) is 9.47 Å². The maximum absolute atomic E-state index is 12.2. The van der Waals surface area contributed by atoms with Crippen LogP contribution in [0, 0.1) is 11.8 Å². The molecule has 0 N–H and O–H groups in total. The van der Waals surface area contributed by atoms with Crippen molar-refractivity contribution in [2.24, 2.45) is 0 Å². The zero-order chi connectivity index (χ0) is 26.6. The number of carbonyl (C=O) groups excluding carboxylic acids is 3. The lowest BCUT2D eigenvalue weighted by atomic mass is 10.1. The van der Waals surface area contributed by atoms with Crippen molar-refractivity contribution in [2.75, 3.05) is 47.0 Å². The van der Waals surface area contributed by atoms with Crippen LogP contribution in [0.3, 0.4) is 0 Å². The Morgan fingerprint density at radius 3 is 2.39 bits per heavy atom. The van der Waals surface area contributed by atoms with E-state index in [1.165, 1.54) is 14.2 Å². The van der Waals surface area contributed by atoms with Gasteiger partial charge in [0.2, 0.25) is 0 Å². The Bertz CT molecular complexity index is 931. The van der Waals surface area contributed by atoms with Gasteiger partial charge in [0.05, 0.1) is 39.5 Å². The lowest BCUT2D eigenvalue weighted by Crippen LogP contribution is -2.55. The summed E-state index contributed by atoms with van der Waals surface area (Å²) in [5.74, 6) is 6.00. The first-order valence-corrected chi connectivity index (χ1v) is 12.0. The van der Waals surface area contributed by atoms with Crippen molar-refractivity contribution < 1.29 is 33.3 Å². The minimum atomic E-state index is -0.527. The monoisotopic (exact) mass is 503 g/mol. The number of pyridine rings is 1. The Morgan fingerprint density at radius 1 is 1.11 bits per heavy atom. The number of hydrogen-bond acceptors (Lipinski definition) is 9. The van der Waals surface area contributed by atoms with E-state index >= 15 is 0 Å². The SMILES string of the molecule is COC(=O)CN(CCCCC#Cc1cncc(OC[C@@H]2CCN2C(=O)OC(C)(C)C)c1)CC(=O)OC. The lowest BCUT2D eigenvalue weighted by Gasteiger charge is -2.40. The van der Waals surface area contributed by atoms with Crippen molar-refractivity contribution in [3.8, 4) is 17.6 Å². The van der Waals surface area contributed by atoms with Crippen LogP contribution < -0.4 is 4.74 Å². The van der Waals surface area contributed by atoms with Crippen molar-refractivity contribution in [3.63, 3.8) is 0 Å². The number of ether oxygens (including phenoxy) is 4. The van der Waals surface area contributed by atoms with Gasteiger partial charge in [-0.3, -0.25) is 19.5 Å². The number of nitrogens with zero attached hydrogens (tertiary/aromatic N) is 3. The normalized spacial score (nSPS) is 14.8. The van der Waals surface area contributed by atoms with E-state index in [0.717, 1.165) is 24.8 Å². The Balaban J connectivity index is 1.76. The summed E-state index contributed by atoms with van der Waals surface area (Å²) in [5.41, 5.74) is 0.212. The number of esters is 2. The molecule has 0 bridgehead atoms. The van der Waals surface area contributed by atoms with Crippen molar-refractivity contribution in [1.82, 2.24) is 14.8 Å². The Labute approximate surface area is 213 Å². The summed E-state index contributed by atoms with van der Waals surface area (Å²) >= 11 is 0. The molecule has 0 aliphatic carbocycles. The third kappa shape index (κ3) is 10.5. The molecular weight excluding hydrogens is 466 g/mol. The standard InChI is InChI=1S/C26H37N3O7/c1-26(2,3)36-25(32)29-13-11-21(29)19-35-22-14-20(15-27-16-22)10-8-6-7-9-12-28(17-23(30)33-4)18-24(31)34-5/h14-16,21H,6-7,9,11-13,17-19H2,1-5H3/t21-/m0/s1. The molecule has 1 aliphatic heterocycles. The molecule has 2 rings (SSSR count). The molecule has 1 aliphatic rings. The van der Waals surface area contributed by atoms with Gasteiger partial charge in [0.15, 0.2) is 0 Å². The molecule has 1 atom stereocenters. The molecule has 1 aromatic heterocycles. The van der Waals surface area contributed by atoms with E-state index in [2.05, 4.69) is 26.3 Å². The van der Waals surface area contributed by atoms with E-state index in [1.54, 1.807) is 22.2 Å². The zero-order valence-electron chi connectivity index (χ0n) is 21.9. The van der Waals surface area contributed by atoms with E-state index in [9.17, 15) is 14.4 Å². The number of hydrogen-bond donors (Lipinski definition) is 0. The fourth-order valence-corrected chi connectivity index (χ4v) is 3.36. The fraction of sp³-hybridized carbons (Fsp3) is 0.615. The third-order valence-electron chi connectivity index (χ3n) is 5.35. The van der Waals surface area contributed by atoms with Crippen molar-refractivity contribution in [1.29, 1.82) is 0 Å². The highest BCUT2D eigenvalue weighted by Crippen LogP contribution is 2.22. The third-order valence-corrected chi connectivity index (χ3v) is 5.35. The van der Waals surface area contributed by atoms with Crippen LogP contribution in [0.25, 0.3) is 0 Å². The number of rotatable bonds is 11. The summed E-state index contributed by atoms with van der Waals surface area (Å²) in [6.45, 7) is 7.19. The minimum absolute atomic E-state index is 0.0208. The largest absolute Gasteiger partial charge is 0.490 e. The number of amides is 1. The van der Waals surface area contributed by atoms with Crippen molar-refractivity contribution in [3.05, 3.63) is 24.0 Å². The summed E-state index contributed by atoms with van der Waals surface area (Å²) in [6.07, 6.45) is 6.06. The molecule has 1 amide bonds. The molecule has 198 valence electrons. The minimum Gasteiger partial charge on any atom is -0.490 e. The van der Waals surface area contributed by atoms with Crippen LogP contribution in [0.5, 0.6) is 5.75 Å². The summed E-state index contributed by atoms with van der Waals surface area (Å²) in [5, 5.41) is 0. The second kappa shape index (κ2) is 14.3. The van der Waals surface area contributed by atoms with E-state index in [1.807, 2.05) is 26.8 Å². The predicted molar refractivity (Wildman–Crippen MR) is 132 cm³/mol. The second-order valence-corrected chi connectivity index (χ2v) is 9.46. The summed E-state index contributed by atoms with van der Waals surface area (Å²) < 4.78 is 20.6. The molecule has 0 spiro atoms. The topological polar surface area (TPSA) is 108 Å². The average molecular weight is 504 g/mol. The second-order valence-electron chi connectivity index (χ2n) is 9.46. The first-order chi connectivity index (χ1) is 17.1. The highest BCUT2D eigenvalue weighted by atomic mass is 16.6. The highest BCUT2D eigenvalue weighted by molar-refractivity contribution is 5.74. The van der Waals surface area contributed by atoms with E-state index < -0.39 is 17.5 Å². The summed E-state index contributed by atoms with van der Waals surface area (Å²) in [4.78, 5) is 42.9. The number of aromatic nitrogens is 1. The number of likely N-dealkylation sites (tertiary alicyclic amines) is 1. The van der Waals surface area contributed by atoms with Gasteiger partial charge in [0.25, 0.3) is 0 Å². The molecule has 0 aromatic carbocycles.